The second-order valence-corrected chi connectivity index (χ2v) is 3.21. The first-order chi connectivity index (χ1) is 5.24. The molecule has 2 nitrogen and oxygen atoms in total. The monoisotopic (exact) mass is 213 g/mol. The zero-order valence-electron chi connectivity index (χ0n) is 5.83. The Morgan fingerprint density at radius 3 is 2.73 bits per heavy atom. The zero-order chi connectivity index (χ0) is 8.27. The first-order valence-corrected chi connectivity index (χ1v) is 4.12. The molecule has 1 aliphatic carbocycles. The van der Waals surface area contributed by atoms with E-state index in [0.29, 0.717) is 5.57 Å². The van der Waals surface area contributed by atoms with E-state index in [1.165, 1.54) is 12.3 Å². The van der Waals surface area contributed by atoms with Crippen LogP contribution < -0.4 is 5.73 Å². The minimum Gasteiger partial charge on any atom is -0.404 e. The van der Waals surface area contributed by atoms with Gasteiger partial charge in [0.25, 0.3) is 0 Å². The molecule has 1 rings (SSSR count). The minimum absolute atomic E-state index is 0.0503. The van der Waals surface area contributed by atoms with Crippen molar-refractivity contribution in [2.75, 3.05) is 0 Å². The molecule has 0 amide bonds. The van der Waals surface area contributed by atoms with Crippen LogP contribution in [0.4, 0.5) is 0 Å². The van der Waals surface area contributed by atoms with Crippen molar-refractivity contribution in [2.24, 2.45) is 5.73 Å². The molecule has 3 heteroatoms. The lowest BCUT2D eigenvalue weighted by atomic mass is 10.2. The first-order valence-electron chi connectivity index (χ1n) is 3.21. The van der Waals surface area contributed by atoms with E-state index in [2.05, 4.69) is 15.9 Å². The van der Waals surface area contributed by atoms with Gasteiger partial charge in [0.2, 0.25) is 0 Å². The third-order valence-corrected chi connectivity index (χ3v) is 1.97. The molecule has 0 bridgehead atoms. The smallest absolute Gasteiger partial charge is 0.186 e. The lowest BCUT2D eigenvalue weighted by Crippen LogP contribution is -1.97. The van der Waals surface area contributed by atoms with Crippen LogP contribution in [-0.2, 0) is 4.79 Å². The van der Waals surface area contributed by atoms with Crippen LogP contribution >= 0.6 is 15.9 Å². The predicted octanol–water partition coefficient (Wildman–Crippen LogP) is 1.29. The molecule has 1 unspecified atom stereocenters. The number of hydrogen-bond acceptors (Lipinski definition) is 2. The van der Waals surface area contributed by atoms with Gasteiger partial charge in [0.05, 0.1) is 4.83 Å². The third kappa shape index (κ3) is 2.05. The molecule has 0 aromatic heterocycles. The maximum absolute atomic E-state index is 11.1. The summed E-state index contributed by atoms with van der Waals surface area (Å²) in [6.07, 6.45) is 8.17. The van der Waals surface area contributed by atoms with E-state index in [1.54, 1.807) is 12.2 Å². The van der Waals surface area contributed by atoms with Crippen LogP contribution in [0.2, 0.25) is 0 Å². The number of alkyl halides is 1. The van der Waals surface area contributed by atoms with Crippen LogP contribution in [-0.4, -0.2) is 10.6 Å². The number of ketones is 1. The van der Waals surface area contributed by atoms with Gasteiger partial charge >= 0.3 is 0 Å². The third-order valence-electron chi connectivity index (χ3n) is 1.36. The number of allylic oxidation sites excluding steroid dienone is 5. The van der Waals surface area contributed by atoms with Crippen LogP contribution in [0.15, 0.2) is 36.1 Å². The van der Waals surface area contributed by atoms with E-state index in [1.807, 2.05) is 6.08 Å². The van der Waals surface area contributed by atoms with E-state index in [-0.39, 0.29) is 10.6 Å². The SMILES string of the molecule is N/C=C1\C=CC(Br)C=CC1=O. The number of nitrogens with two attached hydrogens (primary N) is 1. The highest BCUT2D eigenvalue weighted by Gasteiger charge is 2.06. The largest absolute Gasteiger partial charge is 0.404 e. The molecule has 0 saturated heterocycles. The fourth-order valence-electron chi connectivity index (χ4n) is 0.755. The maximum Gasteiger partial charge on any atom is 0.186 e. The van der Waals surface area contributed by atoms with Gasteiger partial charge in [0, 0.05) is 11.8 Å². The first kappa shape index (κ1) is 8.27. The summed E-state index contributed by atoms with van der Waals surface area (Å²) in [4.78, 5) is 11.2. The van der Waals surface area contributed by atoms with Gasteiger partial charge in [-0.3, -0.25) is 4.79 Å². The topological polar surface area (TPSA) is 43.1 Å². The number of halogens is 1. The molecule has 0 spiro atoms. The van der Waals surface area contributed by atoms with E-state index in [4.69, 9.17) is 5.73 Å². The molecule has 2 N–H and O–H groups in total. The summed E-state index contributed by atoms with van der Waals surface area (Å²) in [5, 5.41) is 0. The Bertz CT molecular complexity index is 253. The van der Waals surface area contributed by atoms with Crippen molar-refractivity contribution in [3.63, 3.8) is 0 Å². The van der Waals surface area contributed by atoms with Crippen molar-refractivity contribution in [1.29, 1.82) is 0 Å². The molecule has 1 atom stereocenters. The predicted molar refractivity (Wildman–Crippen MR) is 48.3 cm³/mol. The number of hydrogen-bond donors (Lipinski definition) is 1. The van der Waals surface area contributed by atoms with Gasteiger partial charge < -0.3 is 5.73 Å². The quantitative estimate of drug-likeness (QED) is 0.487. The van der Waals surface area contributed by atoms with Gasteiger partial charge in [-0.05, 0) is 6.08 Å². The second kappa shape index (κ2) is 3.53. The Morgan fingerprint density at radius 2 is 2.09 bits per heavy atom. The summed E-state index contributed by atoms with van der Waals surface area (Å²) in [6, 6.07) is 0. The molecule has 11 heavy (non-hydrogen) atoms. The molecular weight excluding hydrogens is 206 g/mol. The average molecular weight is 214 g/mol. The van der Waals surface area contributed by atoms with Crippen molar-refractivity contribution >= 4 is 21.7 Å². The second-order valence-electron chi connectivity index (χ2n) is 2.15. The molecule has 0 heterocycles. The van der Waals surface area contributed by atoms with E-state index < -0.39 is 0 Å². The van der Waals surface area contributed by atoms with Gasteiger partial charge in [-0.15, -0.1) is 0 Å². The molecule has 0 radical (unpaired) electrons. The summed E-state index contributed by atoms with van der Waals surface area (Å²) in [6.45, 7) is 0. The lowest BCUT2D eigenvalue weighted by Gasteiger charge is -1.90. The summed E-state index contributed by atoms with van der Waals surface area (Å²) >= 11 is 3.33. The van der Waals surface area contributed by atoms with Crippen molar-refractivity contribution in [2.45, 2.75) is 4.83 Å². The summed E-state index contributed by atoms with van der Waals surface area (Å²) in [5.74, 6) is -0.0503. The number of carbonyl (C=O) groups is 1. The molecule has 58 valence electrons. The summed E-state index contributed by atoms with van der Waals surface area (Å²) in [5.41, 5.74) is 5.76. The van der Waals surface area contributed by atoms with Crippen LogP contribution in [0.3, 0.4) is 0 Å². The minimum atomic E-state index is -0.0503. The van der Waals surface area contributed by atoms with Crippen molar-refractivity contribution in [3.05, 3.63) is 36.1 Å². The Morgan fingerprint density at radius 1 is 1.45 bits per heavy atom. The van der Waals surface area contributed by atoms with Crippen LogP contribution in [0.5, 0.6) is 0 Å². The Balaban J connectivity index is 2.95. The molecule has 0 saturated carbocycles. The van der Waals surface area contributed by atoms with Crippen LogP contribution in [0, 0.1) is 0 Å². The number of carbonyl (C=O) groups excluding carboxylic acids is 1. The summed E-state index contributed by atoms with van der Waals surface area (Å²) < 4.78 is 0. The molecular formula is C8H8BrNO. The van der Waals surface area contributed by atoms with Crippen molar-refractivity contribution in [1.82, 2.24) is 0 Å². The highest BCUT2D eigenvalue weighted by Crippen LogP contribution is 2.11. The Labute approximate surface area is 73.6 Å². The van der Waals surface area contributed by atoms with Crippen molar-refractivity contribution < 1.29 is 4.79 Å². The van der Waals surface area contributed by atoms with Crippen LogP contribution in [0.1, 0.15) is 0 Å². The average Bonchev–Trinajstić information content (AvgIpc) is 2.15. The van der Waals surface area contributed by atoms with Gasteiger partial charge in [-0.1, -0.05) is 34.2 Å². The molecule has 1 aliphatic rings. The van der Waals surface area contributed by atoms with Gasteiger partial charge in [0.15, 0.2) is 5.78 Å². The van der Waals surface area contributed by atoms with Gasteiger partial charge in [-0.25, -0.2) is 0 Å². The summed E-state index contributed by atoms with van der Waals surface area (Å²) in [7, 11) is 0. The Hall–Kier alpha value is -0.830. The zero-order valence-corrected chi connectivity index (χ0v) is 7.41. The molecule has 0 aromatic rings. The van der Waals surface area contributed by atoms with Crippen LogP contribution in [0.25, 0.3) is 0 Å². The molecule has 0 aliphatic heterocycles. The fraction of sp³-hybridized carbons (Fsp3) is 0.125. The highest BCUT2D eigenvalue weighted by molar-refractivity contribution is 9.09. The number of rotatable bonds is 0. The van der Waals surface area contributed by atoms with Crippen molar-refractivity contribution in [3.8, 4) is 0 Å². The lowest BCUT2D eigenvalue weighted by molar-refractivity contribution is -0.111. The Kier molecular flexibility index (Phi) is 2.65. The van der Waals surface area contributed by atoms with E-state index in [0.717, 1.165) is 0 Å². The van der Waals surface area contributed by atoms with E-state index in [9.17, 15) is 4.79 Å². The van der Waals surface area contributed by atoms with E-state index >= 15 is 0 Å². The van der Waals surface area contributed by atoms with Gasteiger partial charge in [0.1, 0.15) is 0 Å². The maximum atomic E-state index is 11.1. The fourth-order valence-corrected chi connectivity index (χ4v) is 1.06. The molecule has 0 fully saturated rings. The van der Waals surface area contributed by atoms with Gasteiger partial charge in [-0.2, -0.15) is 0 Å². The molecule has 0 aromatic carbocycles. The highest BCUT2D eigenvalue weighted by atomic mass is 79.9. The normalized spacial score (nSPS) is 27.5. The standard InChI is InChI=1S/C8H8BrNO/c9-7-2-1-6(5-10)8(11)4-3-7/h1-5,7H,10H2/b6-5+.